The van der Waals surface area contributed by atoms with Crippen LogP contribution in [0.25, 0.3) is 0 Å². The van der Waals surface area contributed by atoms with Crippen LogP contribution < -0.4 is 10.2 Å². The minimum atomic E-state index is -0.538. The summed E-state index contributed by atoms with van der Waals surface area (Å²) >= 11 is 0. The van der Waals surface area contributed by atoms with Gasteiger partial charge in [-0.1, -0.05) is 6.07 Å². The largest absolute Gasteiger partial charge is 0.444 e. The standard InChI is InChI=1S/C21H25FN6O2/c1-21(2,3)30-20(29)28-10-8-27(9-11-28)18-5-4-15(12-16(18)22)14-26-19-17(13-23)24-6-7-25-19/h4-7,12H,8-11,14H2,1-3H3,(H,25,26). The van der Waals surface area contributed by atoms with Crippen molar-refractivity contribution in [3.05, 3.63) is 47.7 Å². The van der Waals surface area contributed by atoms with Gasteiger partial charge in [-0.05, 0) is 38.5 Å². The van der Waals surface area contributed by atoms with Crippen molar-refractivity contribution in [3.63, 3.8) is 0 Å². The van der Waals surface area contributed by atoms with Crippen LogP contribution in [0.4, 0.5) is 20.7 Å². The minimum Gasteiger partial charge on any atom is -0.444 e. The number of rotatable bonds is 4. The summed E-state index contributed by atoms with van der Waals surface area (Å²) in [6.07, 6.45) is 2.59. The molecule has 0 radical (unpaired) electrons. The molecule has 0 aliphatic carbocycles. The zero-order chi connectivity index (χ0) is 21.7. The zero-order valence-electron chi connectivity index (χ0n) is 17.4. The molecule has 1 aliphatic heterocycles. The Labute approximate surface area is 175 Å². The van der Waals surface area contributed by atoms with Gasteiger partial charge in [-0.3, -0.25) is 0 Å². The third kappa shape index (κ3) is 5.35. The molecular weight excluding hydrogens is 387 g/mol. The highest BCUT2D eigenvalue weighted by Gasteiger charge is 2.26. The third-order valence-electron chi connectivity index (χ3n) is 4.55. The first kappa shape index (κ1) is 21.3. The fraction of sp³-hybridized carbons (Fsp3) is 0.429. The summed E-state index contributed by atoms with van der Waals surface area (Å²) in [5.74, 6) is 0.0300. The molecule has 2 heterocycles. The van der Waals surface area contributed by atoms with Gasteiger partial charge in [0.1, 0.15) is 17.5 Å². The summed E-state index contributed by atoms with van der Waals surface area (Å²) < 4.78 is 20.1. The lowest BCUT2D eigenvalue weighted by molar-refractivity contribution is 0.0240. The number of anilines is 2. The van der Waals surface area contributed by atoms with Crippen LogP contribution in [0, 0.1) is 17.1 Å². The van der Waals surface area contributed by atoms with Crippen LogP contribution in [0.3, 0.4) is 0 Å². The monoisotopic (exact) mass is 412 g/mol. The van der Waals surface area contributed by atoms with E-state index in [0.29, 0.717) is 44.2 Å². The van der Waals surface area contributed by atoms with E-state index >= 15 is 0 Å². The summed E-state index contributed by atoms with van der Waals surface area (Å²) in [6, 6.07) is 6.99. The topological polar surface area (TPSA) is 94.4 Å². The van der Waals surface area contributed by atoms with Crippen LogP contribution in [0.1, 0.15) is 32.0 Å². The molecule has 1 aromatic carbocycles. The molecule has 0 unspecified atom stereocenters. The Bertz CT molecular complexity index is 945. The maximum Gasteiger partial charge on any atom is 0.410 e. The number of aromatic nitrogens is 2. The van der Waals surface area contributed by atoms with Crippen LogP contribution in [0.5, 0.6) is 0 Å². The predicted molar refractivity (Wildman–Crippen MR) is 110 cm³/mol. The van der Waals surface area contributed by atoms with Crippen LogP contribution in [0.2, 0.25) is 0 Å². The lowest BCUT2D eigenvalue weighted by Gasteiger charge is -2.36. The quantitative estimate of drug-likeness (QED) is 0.824. The fourth-order valence-corrected chi connectivity index (χ4v) is 3.11. The molecule has 9 heteroatoms. The molecular formula is C21H25FN6O2. The average Bonchev–Trinajstić information content (AvgIpc) is 2.71. The van der Waals surface area contributed by atoms with E-state index in [1.807, 2.05) is 37.8 Å². The molecule has 158 valence electrons. The Balaban J connectivity index is 1.58. The average molecular weight is 412 g/mol. The van der Waals surface area contributed by atoms with Crippen LogP contribution in [-0.2, 0) is 11.3 Å². The highest BCUT2D eigenvalue weighted by atomic mass is 19.1. The predicted octanol–water partition coefficient (Wildman–Crippen LogP) is 3.16. The SMILES string of the molecule is CC(C)(C)OC(=O)N1CCN(c2ccc(CNc3nccnc3C#N)cc2F)CC1. The molecule has 8 nitrogen and oxygen atoms in total. The van der Waals surface area contributed by atoms with E-state index in [9.17, 15) is 9.18 Å². The van der Waals surface area contributed by atoms with Gasteiger partial charge >= 0.3 is 6.09 Å². The van der Waals surface area contributed by atoms with Crippen molar-refractivity contribution in [1.29, 1.82) is 5.26 Å². The first-order chi connectivity index (χ1) is 14.3. The van der Waals surface area contributed by atoms with Gasteiger partial charge in [-0.25, -0.2) is 19.2 Å². The molecule has 1 fully saturated rings. The molecule has 1 aromatic heterocycles. The van der Waals surface area contributed by atoms with E-state index in [1.165, 1.54) is 18.5 Å². The fourth-order valence-electron chi connectivity index (χ4n) is 3.11. The van der Waals surface area contributed by atoms with Gasteiger partial charge < -0.3 is 19.9 Å². The Morgan fingerprint density at radius 2 is 1.93 bits per heavy atom. The normalized spacial score (nSPS) is 14.2. The molecule has 0 atom stereocenters. The van der Waals surface area contributed by atoms with Crippen molar-refractivity contribution in [1.82, 2.24) is 14.9 Å². The van der Waals surface area contributed by atoms with Crippen LogP contribution in [0.15, 0.2) is 30.6 Å². The van der Waals surface area contributed by atoms with Gasteiger partial charge in [0.25, 0.3) is 0 Å². The van der Waals surface area contributed by atoms with E-state index in [0.717, 1.165) is 5.56 Å². The van der Waals surface area contributed by atoms with E-state index in [1.54, 1.807) is 11.0 Å². The third-order valence-corrected chi connectivity index (χ3v) is 4.55. The Morgan fingerprint density at radius 3 is 2.57 bits per heavy atom. The summed E-state index contributed by atoms with van der Waals surface area (Å²) in [5, 5.41) is 12.1. The molecule has 1 amide bonds. The first-order valence-corrected chi connectivity index (χ1v) is 9.73. The van der Waals surface area contributed by atoms with Gasteiger partial charge in [-0.2, -0.15) is 5.26 Å². The second-order valence-electron chi connectivity index (χ2n) is 7.96. The lowest BCUT2D eigenvalue weighted by atomic mass is 10.1. The number of carbonyl (C=O) groups is 1. The highest BCUT2D eigenvalue weighted by Crippen LogP contribution is 2.23. The van der Waals surface area contributed by atoms with Gasteiger partial charge in [0.05, 0.1) is 5.69 Å². The Kier molecular flexibility index (Phi) is 6.35. The number of nitrogens with one attached hydrogen (secondary N) is 1. The Morgan fingerprint density at radius 1 is 1.23 bits per heavy atom. The molecule has 30 heavy (non-hydrogen) atoms. The maximum atomic E-state index is 14.7. The van der Waals surface area contributed by atoms with Crippen LogP contribution in [-0.4, -0.2) is 52.7 Å². The first-order valence-electron chi connectivity index (χ1n) is 9.73. The summed E-state index contributed by atoms with van der Waals surface area (Å²) in [6.45, 7) is 7.81. The van der Waals surface area contributed by atoms with Crippen molar-refractivity contribution < 1.29 is 13.9 Å². The second kappa shape index (κ2) is 8.95. The Hall–Kier alpha value is -3.41. The lowest BCUT2D eigenvalue weighted by Crippen LogP contribution is -2.50. The van der Waals surface area contributed by atoms with E-state index < -0.39 is 5.60 Å². The number of halogens is 1. The van der Waals surface area contributed by atoms with E-state index in [4.69, 9.17) is 10.00 Å². The van der Waals surface area contributed by atoms with Crippen molar-refractivity contribution >= 4 is 17.6 Å². The number of nitriles is 1. The highest BCUT2D eigenvalue weighted by molar-refractivity contribution is 5.68. The van der Waals surface area contributed by atoms with Crippen LogP contribution >= 0.6 is 0 Å². The summed E-state index contributed by atoms with van der Waals surface area (Å²) in [4.78, 5) is 23.8. The van der Waals surface area contributed by atoms with Crippen molar-refractivity contribution in [2.45, 2.75) is 32.9 Å². The van der Waals surface area contributed by atoms with Crippen molar-refractivity contribution in [2.24, 2.45) is 0 Å². The van der Waals surface area contributed by atoms with E-state index in [2.05, 4.69) is 15.3 Å². The van der Waals surface area contributed by atoms with Crippen molar-refractivity contribution in [3.8, 4) is 6.07 Å². The molecule has 1 saturated heterocycles. The van der Waals surface area contributed by atoms with Crippen molar-refractivity contribution in [2.75, 3.05) is 36.4 Å². The number of carbonyl (C=O) groups excluding carboxylic acids is 1. The molecule has 2 aromatic rings. The molecule has 1 aliphatic rings. The minimum absolute atomic E-state index is 0.192. The number of piperazine rings is 1. The molecule has 1 N–H and O–H groups in total. The van der Waals surface area contributed by atoms with Gasteiger partial charge in [-0.15, -0.1) is 0 Å². The van der Waals surface area contributed by atoms with E-state index in [-0.39, 0.29) is 17.6 Å². The number of benzene rings is 1. The molecule has 3 rings (SSSR count). The summed E-state index contributed by atoms with van der Waals surface area (Å²) in [5.41, 5.74) is 0.874. The maximum absolute atomic E-state index is 14.7. The number of hydrogen-bond acceptors (Lipinski definition) is 7. The molecule has 0 spiro atoms. The smallest absolute Gasteiger partial charge is 0.410 e. The van der Waals surface area contributed by atoms with Gasteiger partial charge in [0, 0.05) is 45.1 Å². The van der Waals surface area contributed by atoms with Gasteiger partial charge in [0.15, 0.2) is 11.5 Å². The number of nitrogens with zero attached hydrogens (tertiary/aromatic N) is 5. The zero-order valence-corrected chi connectivity index (χ0v) is 17.4. The molecule has 0 saturated carbocycles. The molecule has 0 bridgehead atoms. The summed E-state index contributed by atoms with van der Waals surface area (Å²) in [7, 11) is 0. The number of hydrogen-bond donors (Lipinski definition) is 1. The number of amides is 1. The van der Waals surface area contributed by atoms with Gasteiger partial charge in [0.2, 0.25) is 0 Å². The number of ether oxygens (including phenoxy) is 1. The second-order valence-corrected chi connectivity index (χ2v) is 7.96.